The van der Waals surface area contributed by atoms with E-state index in [2.05, 4.69) is 15.3 Å². The van der Waals surface area contributed by atoms with E-state index >= 15 is 0 Å². The van der Waals surface area contributed by atoms with Crippen LogP contribution in [0, 0.1) is 0 Å². The number of anilines is 1. The van der Waals surface area contributed by atoms with E-state index in [9.17, 15) is 4.79 Å². The summed E-state index contributed by atoms with van der Waals surface area (Å²) in [5.41, 5.74) is 0. The van der Waals surface area contributed by atoms with Crippen LogP contribution in [0.1, 0.15) is 19.3 Å². The minimum absolute atomic E-state index is 0.171. The Hall–Kier alpha value is -2.05. The molecule has 1 amide bonds. The summed E-state index contributed by atoms with van der Waals surface area (Å²) in [5, 5.41) is 3.02. The summed E-state index contributed by atoms with van der Waals surface area (Å²) >= 11 is 0. The first kappa shape index (κ1) is 14.4. The zero-order valence-corrected chi connectivity index (χ0v) is 11.9. The lowest BCUT2D eigenvalue weighted by molar-refractivity contribution is -0.129. The normalized spacial score (nSPS) is 14.2. The van der Waals surface area contributed by atoms with Crippen molar-refractivity contribution >= 4 is 11.9 Å². The third kappa shape index (κ3) is 3.72. The molecule has 0 radical (unpaired) electrons. The highest BCUT2D eigenvalue weighted by Crippen LogP contribution is 2.17. The number of likely N-dealkylation sites (tertiary alicyclic amines) is 1. The van der Waals surface area contributed by atoms with Gasteiger partial charge >= 0.3 is 0 Å². The second kappa shape index (κ2) is 6.93. The molecule has 110 valence electrons. The molecule has 1 N–H and O–H groups in total. The van der Waals surface area contributed by atoms with Gasteiger partial charge in [-0.1, -0.05) is 0 Å². The Kier molecular flexibility index (Phi) is 4.97. The van der Waals surface area contributed by atoms with Crippen molar-refractivity contribution in [3.63, 3.8) is 0 Å². The van der Waals surface area contributed by atoms with Crippen molar-refractivity contribution in [1.29, 1.82) is 0 Å². The van der Waals surface area contributed by atoms with Crippen LogP contribution in [0.5, 0.6) is 11.8 Å². The molecule has 0 aromatic carbocycles. The second-order valence-electron chi connectivity index (χ2n) is 4.54. The number of aromatic nitrogens is 2. The van der Waals surface area contributed by atoms with Gasteiger partial charge in [-0.15, -0.1) is 0 Å². The Morgan fingerprint density at radius 1 is 1.25 bits per heavy atom. The Morgan fingerprint density at radius 3 is 2.40 bits per heavy atom. The number of hydrogen-bond donors (Lipinski definition) is 1. The molecule has 7 heteroatoms. The maximum Gasteiger partial charge on any atom is 0.229 e. The zero-order valence-electron chi connectivity index (χ0n) is 11.9. The van der Waals surface area contributed by atoms with Gasteiger partial charge in [0.05, 0.1) is 20.3 Å². The Labute approximate surface area is 118 Å². The summed E-state index contributed by atoms with van der Waals surface area (Å²) in [5.74, 6) is 1.41. The topological polar surface area (TPSA) is 76.6 Å². The quantitative estimate of drug-likeness (QED) is 0.835. The Morgan fingerprint density at radius 2 is 1.85 bits per heavy atom. The lowest BCUT2D eigenvalue weighted by atomic mass is 10.3. The Bertz CT molecular complexity index is 439. The highest BCUT2D eigenvalue weighted by Gasteiger charge is 2.17. The SMILES string of the molecule is COc1cc(OC)nc(NCCC(=O)N2CCCC2)n1. The highest BCUT2D eigenvalue weighted by molar-refractivity contribution is 5.76. The Balaban J connectivity index is 1.85. The fraction of sp³-hybridized carbons (Fsp3) is 0.615. The van der Waals surface area contributed by atoms with Crippen LogP contribution in [-0.2, 0) is 4.79 Å². The second-order valence-corrected chi connectivity index (χ2v) is 4.54. The molecule has 20 heavy (non-hydrogen) atoms. The first-order valence-corrected chi connectivity index (χ1v) is 6.71. The molecule has 7 nitrogen and oxygen atoms in total. The number of methoxy groups -OCH3 is 2. The molecule has 1 aliphatic heterocycles. The van der Waals surface area contributed by atoms with Crippen molar-refractivity contribution in [2.75, 3.05) is 39.2 Å². The molecule has 0 spiro atoms. The average Bonchev–Trinajstić information content (AvgIpc) is 3.01. The largest absolute Gasteiger partial charge is 0.481 e. The third-order valence-corrected chi connectivity index (χ3v) is 3.18. The van der Waals surface area contributed by atoms with E-state index in [1.54, 1.807) is 6.07 Å². The fourth-order valence-electron chi connectivity index (χ4n) is 2.10. The highest BCUT2D eigenvalue weighted by atomic mass is 16.5. The van der Waals surface area contributed by atoms with Crippen LogP contribution in [-0.4, -0.2) is 54.6 Å². The van der Waals surface area contributed by atoms with Crippen molar-refractivity contribution < 1.29 is 14.3 Å². The molecule has 2 heterocycles. The van der Waals surface area contributed by atoms with E-state index in [0.29, 0.717) is 30.7 Å². The van der Waals surface area contributed by atoms with Crippen LogP contribution < -0.4 is 14.8 Å². The molecule has 0 bridgehead atoms. The summed E-state index contributed by atoms with van der Waals surface area (Å²) in [6.07, 6.45) is 2.65. The molecule has 0 aliphatic carbocycles. The summed E-state index contributed by atoms with van der Waals surface area (Å²) in [4.78, 5) is 22.1. The van der Waals surface area contributed by atoms with Gasteiger partial charge in [-0.3, -0.25) is 4.79 Å². The van der Waals surface area contributed by atoms with Crippen molar-refractivity contribution in [3.05, 3.63) is 6.07 Å². The molecule has 1 aromatic heterocycles. The van der Waals surface area contributed by atoms with E-state index in [0.717, 1.165) is 25.9 Å². The first-order valence-electron chi connectivity index (χ1n) is 6.71. The van der Waals surface area contributed by atoms with E-state index in [1.807, 2.05) is 4.90 Å². The summed E-state index contributed by atoms with van der Waals surface area (Å²) < 4.78 is 10.1. The average molecular weight is 280 g/mol. The lowest BCUT2D eigenvalue weighted by Crippen LogP contribution is -2.29. The minimum atomic E-state index is 0.171. The molecule has 1 saturated heterocycles. The first-order chi connectivity index (χ1) is 9.72. The predicted octanol–water partition coefficient (Wildman–Crippen LogP) is 0.918. The molecule has 0 unspecified atom stereocenters. The van der Waals surface area contributed by atoms with E-state index in [1.165, 1.54) is 14.2 Å². The molecule has 0 saturated carbocycles. The van der Waals surface area contributed by atoms with Crippen molar-refractivity contribution in [2.45, 2.75) is 19.3 Å². The molecule has 1 fully saturated rings. The van der Waals surface area contributed by atoms with Crippen LogP contribution in [0.3, 0.4) is 0 Å². The van der Waals surface area contributed by atoms with Crippen LogP contribution in [0.4, 0.5) is 5.95 Å². The summed E-state index contributed by atoms with van der Waals surface area (Å²) in [6.45, 7) is 2.25. The van der Waals surface area contributed by atoms with Gasteiger partial charge in [0, 0.05) is 26.1 Å². The van der Waals surface area contributed by atoms with Gasteiger partial charge in [0.1, 0.15) is 0 Å². The number of carbonyl (C=O) groups is 1. The zero-order chi connectivity index (χ0) is 14.4. The van der Waals surface area contributed by atoms with E-state index < -0.39 is 0 Å². The molecule has 1 aliphatic rings. The van der Waals surface area contributed by atoms with Gasteiger partial charge in [0.2, 0.25) is 23.6 Å². The fourth-order valence-corrected chi connectivity index (χ4v) is 2.10. The molecule has 1 aromatic rings. The summed E-state index contributed by atoms with van der Waals surface area (Å²) in [7, 11) is 3.06. The monoisotopic (exact) mass is 280 g/mol. The standard InChI is InChI=1S/C13H20N4O3/c1-19-10-9-11(20-2)16-13(15-10)14-6-5-12(18)17-7-3-4-8-17/h9H,3-8H2,1-2H3,(H,14,15,16). The van der Waals surface area contributed by atoms with Crippen molar-refractivity contribution in [2.24, 2.45) is 0 Å². The van der Waals surface area contributed by atoms with Gasteiger partial charge in [-0.05, 0) is 12.8 Å². The predicted molar refractivity (Wildman–Crippen MR) is 74.1 cm³/mol. The molecule has 2 rings (SSSR count). The number of hydrogen-bond acceptors (Lipinski definition) is 6. The molecular weight excluding hydrogens is 260 g/mol. The van der Waals surface area contributed by atoms with Gasteiger partial charge in [0.15, 0.2) is 0 Å². The van der Waals surface area contributed by atoms with E-state index in [4.69, 9.17) is 9.47 Å². The number of ether oxygens (including phenoxy) is 2. The van der Waals surface area contributed by atoms with Crippen molar-refractivity contribution in [3.8, 4) is 11.8 Å². The number of rotatable bonds is 6. The van der Waals surface area contributed by atoms with Crippen LogP contribution in [0.25, 0.3) is 0 Å². The number of amides is 1. The van der Waals surface area contributed by atoms with Crippen molar-refractivity contribution in [1.82, 2.24) is 14.9 Å². The van der Waals surface area contributed by atoms with Crippen LogP contribution in [0.2, 0.25) is 0 Å². The number of carbonyl (C=O) groups excluding carboxylic acids is 1. The van der Waals surface area contributed by atoms with Gasteiger partial charge < -0.3 is 19.7 Å². The smallest absolute Gasteiger partial charge is 0.229 e. The number of nitrogens with one attached hydrogen (secondary N) is 1. The summed E-state index contributed by atoms with van der Waals surface area (Å²) in [6, 6.07) is 1.60. The van der Waals surface area contributed by atoms with E-state index in [-0.39, 0.29) is 5.91 Å². The molecule has 0 atom stereocenters. The van der Waals surface area contributed by atoms with Gasteiger partial charge in [-0.2, -0.15) is 9.97 Å². The van der Waals surface area contributed by atoms with Crippen LogP contribution in [0.15, 0.2) is 6.07 Å². The van der Waals surface area contributed by atoms with Crippen LogP contribution >= 0.6 is 0 Å². The van der Waals surface area contributed by atoms with Gasteiger partial charge in [0.25, 0.3) is 0 Å². The maximum atomic E-state index is 11.9. The maximum absolute atomic E-state index is 11.9. The van der Waals surface area contributed by atoms with Gasteiger partial charge in [-0.25, -0.2) is 0 Å². The third-order valence-electron chi connectivity index (χ3n) is 3.18. The lowest BCUT2D eigenvalue weighted by Gasteiger charge is -2.15. The minimum Gasteiger partial charge on any atom is -0.481 e. The number of nitrogens with zero attached hydrogens (tertiary/aromatic N) is 3. The molecular formula is C13H20N4O3.